The van der Waals surface area contributed by atoms with Crippen LogP contribution in [0.1, 0.15) is 11.5 Å². The van der Waals surface area contributed by atoms with Gasteiger partial charge in [-0.15, -0.1) is 0 Å². The molecule has 3 N–H and O–H groups in total. The Morgan fingerprint density at radius 3 is 2.67 bits per heavy atom. The molecule has 0 saturated heterocycles. The third-order valence-corrected chi connectivity index (χ3v) is 3.03. The Morgan fingerprint density at radius 2 is 2.06 bits per heavy atom. The molecular weight excluding hydrogens is 254 g/mol. The molecule has 6 nitrogen and oxygen atoms in total. The second-order valence-corrected chi connectivity index (χ2v) is 5.18. The van der Waals surface area contributed by atoms with E-state index in [0.29, 0.717) is 18.8 Å². The van der Waals surface area contributed by atoms with Crippen molar-refractivity contribution in [3.8, 4) is 0 Å². The molecule has 18 heavy (non-hydrogen) atoms. The Bertz CT molecular complexity index is 607. The largest absolute Gasteiger partial charge is 0.447 e. The summed E-state index contributed by atoms with van der Waals surface area (Å²) in [6, 6.07) is 8.55. The van der Waals surface area contributed by atoms with Crippen molar-refractivity contribution >= 4 is 10.0 Å². The molecule has 2 aromatic rings. The van der Waals surface area contributed by atoms with Crippen molar-refractivity contribution in [3.05, 3.63) is 48.0 Å². The number of furan rings is 1. The van der Waals surface area contributed by atoms with E-state index >= 15 is 0 Å². The highest BCUT2D eigenvalue weighted by Crippen LogP contribution is 2.11. The van der Waals surface area contributed by atoms with E-state index in [1.165, 1.54) is 6.07 Å². The molecule has 0 amide bonds. The van der Waals surface area contributed by atoms with Gasteiger partial charge in [-0.1, -0.05) is 6.07 Å². The summed E-state index contributed by atoms with van der Waals surface area (Å²) in [6.45, 7) is 0.984. The quantitative estimate of drug-likeness (QED) is 0.827. The molecule has 0 aliphatic heterocycles. The highest BCUT2D eigenvalue weighted by atomic mass is 32.2. The highest BCUT2D eigenvalue weighted by Gasteiger charge is 2.12. The minimum absolute atomic E-state index is 0.225. The van der Waals surface area contributed by atoms with Crippen LogP contribution in [0.5, 0.6) is 0 Å². The molecule has 0 atom stereocenters. The summed E-state index contributed by atoms with van der Waals surface area (Å²) in [5.41, 5.74) is 0.899. The number of hydrogen-bond acceptors (Lipinski definition) is 5. The minimum atomic E-state index is -3.77. The maximum atomic E-state index is 11.0. The molecule has 0 unspecified atom stereocenters. The van der Waals surface area contributed by atoms with Gasteiger partial charge in [0.25, 0.3) is 10.0 Å². The van der Waals surface area contributed by atoms with E-state index in [4.69, 9.17) is 9.56 Å². The molecule has 2 aromatic heterocycles. The van der Waals surface area contributed by atoms with Gasteiger partial charge in [-0.25, -0.2) is 13.6 Å². The summed E-state index contributed by atoms with van der Waals surface area (Å²) in [7, 11) is -3.77. The first-order valence-electron chi connectivity index (χ1n) is 5.28. The van der Waals surface area contributed by atoms with Crippen molar-refractivity contribution < 1.29 is 12.8 Å². The van der Waals surface area contributed by atoms with Crippen molar-refractivity contribution in [1.29, 1.82) is 0 Å². The number of pyridine rings is 1. The van der Waals surface area contributed by atoms with Crippen LogP contribution >= 0.6 is 0 Å². The number of nitrogens with zero attached hydrogens (tertiary/aromatic N) is 1. The molecular formula is C11H13N3O3S. The Labute approximate surface area is 105 Å². The summed E-state index contributed by atoms with van der Waals surface area (Å²) < 4.78 is 27.1. The van der Waals surface area contributed by atoms with Gasteiger partial charge in [-0.2, -0.15) is 0 Å². The highest BCUT2D eigenvalue weighted by molar-refractivity contribution is 7.89. The Kier molecular flexibility index (Phi) is 3.75. The number of nitrogens with two attached hydrogens (primary N) is 1. The van der Waals surface area contributed by atoms with Gasteiger partial charge < -0.3 is 9.73 Å². The first-order valence-corrected chi connectivity index (χ1v) is 6.82. The van der Waals surface area contributed by atoms with Crippen LogP contribution in [-0.2, 0) is 23.1 Å². The van der Waals surface area contributed by atoms with Crippen LogP contribution in [-0.4, -0.2) is 13.4 Å². The zero-order valence-electron chi connectivity index (χ0n) is 9.54. The van der Waals surface area contributed by atoms with Crippen LogP contribution in [0.15, 0.2) is 46.0 Å². The molecule has 2 heterocycles. The number of aromatic nitrogens is 1. The molecule has 96 valence electrons. The number of sulfonamides is 1. The maximum Gasteiger partial charge on any atom is 0.271 e. The smallest absolute Gasteiger partial charge is 0.271 e. The summed E-state index contributed by atoms with van der Waals surface area (Å²) in [6.07, 6.45) is 1.71. The van der Waals surface area contributed by atoms with E-state index in [1.807, 2.05) is 18.2 Å². The Hall–Kier alpha value is -1.70. The monoisotopic (exact) mass is 267 g/mol. The Balaban J connectivity index is 1.90. The van der Waals surface area contributed by atoms with Gasteiger partial charge in [0, 0.05) is 12.7 Å². The second kappa shape index (κ2) is 5.30. The van der Waals surface area contributed by atoms with Gasteiger partial charge in [0.05, 0.1) is 12.2 Å². The third-order valence-electron chi connectivity index (χ3n) is 2.25. The predicted octanol–water partition coefficient (Wildman–Crippen LogP) is 0.612. The van der Waals surface area contributed by atoms with E-state index < -0.39 is 10.0 Å². The normalized spacial score (nSPS) is 11.6. The molecule has 0 radical (unpaired) electrons. The first-order chi connectivity index (χ1) is 8.55. The zero-order valence-corrected chi connectivity index (χ0v) is 10.4. The van der Waals surface area contributed by atoms with Gasteiger partial charge in [0.2, 0.25) is 5.09 Å². The van der Waals surface area contributed by atoms with Gasteiger partial charge in [-0.05, 0) is 24.3 Å². The van der Waals surface area contributed by atoms with Crippen LogP contribution < -0.4 is 10.5 Å². The number of hydrogen-bond donors (Lipinski definition) is 2. The summed E-state index contributed by atoms with van der Waals surface area (Å²) in [5.74, 6) is 0.509. The second-order valence-electron chi connectivity index (χ2n) is 3.69. The lowest BCUT2D eigenvalue weighted by Gasteiger charge is -2.01. The summed E-state index contributed by atoms with van der Waals surface area (Å²) in [5, 5.41) is 7.80. The van der Waals surface area contributed by atoms with E-state index in [2.05, 4.69) is 10.3 Å². The van der Waals surface area contributed by atoms with Gasteiger partial charge in [-0.3, -0.25) is 4.98 Å². The van der Waals surface area contributed by atoms with Crippen LogP contribution in [0.4, 0.5) is 0 Å². The molecule has 0 saturated carbocycles. The SMILES string of the molecule is NS(=O)(=O)c1ccc(CNCc2ccccn2)o1. The van der Waals surface area contributed by atoms with Crippen molar-refractivity contribution in [2.45, 2.75) is 18.2 Å². The lowest BCUT2D eigenvalue weighted by atomic mass is 10.3. The third kappa shape index (κ3) is 3.39. The van der Waals surface area contributed by atoms with E-state index in [1.54, 1.807) is 12.3 Å². The zero-order chi connectivity index (χ0) is 13.0. The van der Waals surface area contributed by atoms with E-state index in [-0.39, 0.29) is 5.09 Å². The maximum absolute atomic E-state index is 11.0. The van der Waals surface area contributed by atoms with Crippen molar-refractivity contribution in [2.75, 3.05) is 0 Å². The van der Waals surface area contributed by atoms with Gasteiger partial charge in [0.1, 0.15) is 5.76 Å². The molecule has 0 spiro atoms. The fourth-order valence-electron chi connectivity index (χ4n) is 1.42. The fourth-order valence-corrected chi connectivity index (χ4v) is 1.90. The van der Waals surface area contributed by atoms with Crippen molar-refractivity contribution in [3.63, 3.8) is 0 Å². The van der Waals surface area contributed by atoms with Crippen molar-refractivity contribution in [1.82, 2.24) is 10.3 Å². The topological polar surface area (TPSA) is 98.2 Å². The molecule has 0 bridgehead atoms. The van der Waals surface area contributed by atoms with Crippen LogP contribution in [0.2, 0.25) is 0 Å². The average molecular weight is 267 g/mol. The molecule has 0 aliphatic carbocycles. The standard InChI is InChI=1S/C11H13N3O3S/c12-18(15,16)11-5-4-10(17-11)8-13-7-9-3-1-2-6-14-9/h1-6,13H,7-8H2,(H2,12,15,16). The molecule has 0 fully saturated rings. The summed E-state index contributed by atoms with van der Waals surface area (Å²) >= 11 is 0. The van der Waals surface area contributed by atoms with E-state index in [9.17, 15) is 8.42 Å². The van der Waals surface area contributed by atoms with Crippen molar-refractivity contribution in [2.24, 2.45) is 5.14 Å². The number of primary sulfonamides is 1. The number of nitrogens with one attached hydrogen (secondary N) is 1. The molecule has 7 heteroatoms. The average Bonchev–Trinajstić information content (AvgIpc) is 2.79. The van der Waals surface area contributed by atoms with Crippen LogP contribution in [0.3, 0.4) is 0 Å². The van der Waals surface area contributed by atoms with Crippen LogP contribution in [0.25, 0.3) is 0 Å². The number of rotatable bonds is 5. The molecule has 2 rings (SSSR count). The minimum Gasteiger partial charge on any atom is -0.447 e. The van der Waals surface area contributed by atoms with Gasteiger partial charge >= 0.3 is 0 Å². The molecule has 0 aromatic carbocycles. The van der Waals surface area contributed by atoms with Gasteiger partial charge in [0.15, 0.2) is 0 Å². The van der Waals surface area contributed by atoms with Crippen LogP contribution in [0, 0.1) is 0 Å². The summed E-state index contributed by atoms with van der Waals surface area (Å²) in [4.78, 5) is 4.15. The predicted molar refractivity (Wildman–Crippen MR) is 64.9 cm³/mol. The fraction of sp³-hybridized carbons (Fsp3) is 0.182. The van der Waals surface area contributed by atoms with E-state index in [0.717, 1.165) is 5.69 Å². The first kappa shape index (κ1) is 12.7. The lowest BCUT2D eigenvalue weighted by Crippen LogP contribution is -2.13. The lowest BCUT2D eigenvalue weighted by molar-refractivity contribution is 0.402. The Morgan fingerprint density at radius 1 is 1.22 bits per heavy atom. The molecule has 0 aliphatic rings.